The number of fused-ring (bicyclic) bond motifs is 1. The monoisotopic (exact) mass is 381 g/mol. The van der Waals surface area contributed by atoms with Crippen molar-refractivity contribution in [3.8, 4) is 22.6 Å². The number of nitrogens with one attached hydrogen (secondary N) is 1. The molecular weight excluding hydrogens is 358 g/mol. The van der Waals surface area contributed by atoms with Gasteiger partial charge in [-0.25, -0.2) is 0 Å². The van der Waals surface area contributed by atoms with E-state index in [1.54, 1.807) is 38.5 Å². The number of nitrogen functional groups attached to an aromatic ring is 2. The van der Waals surface area contributed by atoms with Crippen molar-refractivity contribution in [3.05, 3.63) is 36.0 Å². The molecule has 0 spiro atoms. The van der Waals surface area contributed by atoms with Gasteiger partial charge in [-0.1, -0.05) is 6.92 Å². The second-order valence-corrected chi connectivity index (χ2v) is 6.21. The number of benzene rings is 2. The number of hydrogen-bond donors (Lipinski definition) is 3. The van der Waals surface area contributed by atoms with Gasteiger partial charge in [0.15, 0.2) is 5.69 Å². The summed E-state index contributed by atoms with van der Waals surface area (Å²) >= 11 is 0. The molecule has 1 heterocycles. The van der Waals surface area contributed by atoms with E-state index in [0.717, 1.165) is 12.0 Å². The molecule has 3 rings (SSSR count). The summed E-state index contributed by atoms with van der Waals surface area (Å²) in [6.07, 6.45) is 0.810. The fourth-order valence-electron chi connectivity index (χ4n) is 2.99. The highest BCUT2D eigenvalue weighted by atomic mass is 16.5. The Kier molecular flexibility index (Phi) is 5.49. The number of ether oxygens (including phenoxy) is 2. The van der Waals surface area contributed by atoms with Crippen LogP contribution in [0.2, 0.25) is 0 Å². The lowest BCUT2D eigenvalue weighted by Gasteiger charge is -2.15. The van der Waals surface area contributed by atoms with Crippen molar-refractivity contribution in [2.24, 2.45) is 0 Å². The normalized spacial score (nSPS) is 10.7. The molecule has 0 saturated heterocycles. The molecule has 0 unspecified atom stereocenters. The molecule has 3 aromatic rings. The van der Waals surface area contributed by atoms with Gasteiger partial charge in [0.25, 0.3) is 5.91 Å². The van der Waals surface area contributed by atoms with Crippen LogP contribution >= 0.6 is 0 Å². The van der Waals surface area contributed by atoms with Crippen LogP contribution < -0.4 is 26.3 Å². The van der Waals surface area contributed by atoms with Crippen LogP contribution in [0.25, 0.3) is 22.0 Å². The summed E-state index contributed by atoms with van der Waals surface area (Å²) in [5.74, 6) is 0.873. The molecule has 0 aliphatic rings. The molecular formula is C20H23N5O3. The van der Waals surface area contributed by atoms with Gasteiger partial charge in [0, 0.05) is 34.8 Å². The first-order valence-electron chi connectivity index (χ1n) is 8.86. The number of carbonyl (C=O) groups excluding carboxylic acids is 1. The highest BCUT2D eigenvalue weighted by Gasteiger charge is 2.20. The van der Waals surface area contributed by atoms with Gasteiger partial charge >= 0.3 is 0 Å². The summed E-state index contributed by atoms with van der Waals surface area (Å²) in [4.78, 5) is 12.3. The average Bonchev–Trinajstić information content (AvgIpc) is 2.71. The standard InChI is InChI=1S/C20H23N5O3/c1-4-9-23-20(26)19-17(22)13-7-8-14(21)16(18(13)24-25-19)12-6-5-11(27-2)10-15(12)28-3/h5-8,10H,4,9,21H2,1-3H3,(H2,22,24)(H,23,26). The van der Waals surface area contributed by atoms with Crippen molar-refractivity contribution in [1.29, 1.82) is 0 Å². The minimum atomic E-state index is -0.353. The maximum absolute atomic E-state index is 12.3. The van der Waals surface area contributed by atoms with Crippen molar-refractivity contribution in [3.63, 3.8) is 0 Å². The van der Waals surface area contributed by atoms with Crippen LogP contribution in [-0.2, 0) is 0 Å². The molecule has 8 heteroatoms. The third-order valence-electron chi connectivity index (χ3n) is 4.43. The number of aromatic nitrogens is 2. The van der Waals surface area contributed by atoms with E-state index in [2.05, 4.69) is 15.5 Å². The molecule has 1 aromatic heterocycles. The zero-order valence-electron chi connectivity index (χ0n) is 16.1. The summed E-state index contributed by atoms with van der Waals surface area (Å²) in [5, 5.41) is 11.7. The van der Waals surface area contributed by atoms with Gasteiger partial charge in [-0.05, 0) is 30.7 Å². The fraction of sp³-hybridized carbons (Fsp3) is 0.250. The Morgan fingerprint density at radius 3 is 2.57 bits per heavy atom. The van der Waals surface area contributed by atoms with E-state index >= 15 is 0 Å². The van der Waals surface area contributed by atoms with Crippen LogP contribution in [0.4, 0.5) is 11.4 Å². The Morgan fingerprint density at radius 2 is 1.89 bits per heavy atom. The van der Waals surface area contributed by atoms with E-state index in [4.69, 9.17) is 20.9 Å². The molecule has 146 valence electrons. The molecule has 2 aromatic carbocycles. The predicted molar refractivity (Wildman–Crippen MR) is 110 cm³/mol. The zero-order valence-corrected chi connectivity index (χ0v) is 16.1. The van der Waals surface area contributed by atoms with Gasteiger partial charge < -0.3 is 26.3 Å². The van der Waals surface area contributed by atoms with Crippen LogP contribution in [0.5, 0.6) is 11.5 Å². The van der Waals surface area contributed by atoms with Gasteiger partial charge in [0.2, 0.25) is 0 Å². The minimum Gasteiger partial charge on any atom is -0.497 e. The summed E-state index contributed by atoms with van der Waals surface area (Å²) in [5.41, 5.74) is 15.2. The minimum absolute atomic E-state index is 0.0957. The van der Waals surface area contributed by atoms with Gasteiger partial charge in [-0.3, -0.25) is 4.79 Å². The van der Waals surface area contributed by atoms with Gasteiger partial charge in [-0.15, -0.1) is 10.2 Å². The van der Waals surface area contributed by atoms with Crippen LogP contribution in [0.1, 0.15) is 23.8 Å². The van der Waals surface area contributed by atoms with E-state index in [1.807, 2.05) is 13.0 Å². The molecule has 5 N–H and O–H groups in total. The molecule has 0 saturated carbocycles. The SMILES string of the molecule is CCCNC(=O)c1nnc2c(-c3ccc(OC)cc3OC)c(N)ccc2c1N. The number of methoxy groups -OCH3 is 2. The average molecular weight is 381 g/mol. The topological polar surface area (TPSA) is 125 Å². The number of carbonyl (C=O) groups is 1. The maximum atomic E-state index is 12.3. The summed E-state index contributed by atoms with van der Waals surface area (Å²) < 4.78 is 10.8. The van der Waals surface area contributed by atoms with E-state index in [1.165, 1.54) is 0 Å². The van der Waals surface area contributed by atoms with Crippen LogP contribution in [0.15, 0.2) is 30.3 Å². The molecule has 8 nitrogen and oxygen atoms in total. The zero-order chi connectivity index (χ0) is 20.3. The van der Waals surface area contributed by atoms with Crippen molar-refractivity contribution in [1.82, 2.24) is 15.5 Å². The molecule has 0 bridgehead atoms. The second kappa shape index (κ2) is 7.99. The summed E-state index contributed by atoms with van der Waals surface area (Å²) in [6.45, 7) is 2.50. The van der Waals surface area contributed by atoms with Crippen molar-refractivity contribution >= 4 is 28.2 Å². The Morgan fingerprint density at radius 1 is 1.11 bits per heavy atom. The molecule has 0 aliphatic heterocycles. The lowest BCUT2D eigenvalue weighted by atomic mass is 9.98. The first-order chi connectivity index (χ1) is 13.5. The van der Waals surface area contributed by atoms with Crippen LogP contribution in [0, 0.1) is 0 Å². The first-order valence-corrected chi connectivity index (χ1v) is 8.86. The van der Waals surface area contributed by atoms with E-state index < -0.39 is 0 Å². The predicted octanol–water partition coefficient (Wildman–Crippen LogP) is 2.62. The number of nitrogens with two attached hydrogens (primary N) is 2. The molecule has 1 amide bonds. The molecule has 0 radical (unpaired) electrons. The highest BCUT2D eigenvalue weighted by molar-refractivity contribution is 6.10. The Bertz CT molecular complexity index is 1040. The number of amides is 1. The third-order valence-corrected chi connectivity index (χ3v) is 4.43. The lowest BCUT2D eigenvalue weighted by Crippen LogP contribution is -2.26. The molecule has 0 aliphatic carbocycles. The van der Waals surface area contributed by atoms with Gasteiger partial charge in [0.1, 0.15) is 17.0 Å². The van der Waals surface area contributed by atoms with Crippen molar-refractivity contribution in [2.75, 3.05) is 32.2 Å². The molecule has 0 atom stereocenters. The van der Waals surface area contributed by atoms with E-state index in [9.17, 15) is 4.79 Å². The largest absolute Gasteiger partial charge is 0.497 e. The molecule has 28 heavy (non-hydrogen) atoms. The second-order valence-electron chi connectivity index (χ2n) is 6.21. The number of rotatable bonds is 6. The molecule has 0 fully saturated rings. The highest BCUT2D eigenvalue weighted by Crippen LogP contribution is 2.41. The smallest absolute Gasteiger partial charge is 0.273 e. The number of anilines is 2. The van der Waals surface area contributed by atoms with Crippen LogP contribution in [0.3, 0.4) is 0 Å². The van der Waals surface area contributed by atoms with Crippen molar-refractivity contribution in [2.45, 2.75) is 13.3 Å². The Balaban J connectivity index is 2.21. The van der Waals surface area contributed by atoms with Gasteiger partial charge in [0.05, 0.1) is 19.9 Å². The quantitative estimate of drug-likeness (QED) is 0.560. The first kappa shape index (κ1) is 19.2. The van der Waals surface area contributed by atoms with Crippen LogP contribution in [-0.4, -0.2) is 36.9 Å². The summed E-state index contributed by atoms with van der Waals surface area (Å²) in [6, 6.07) is 8.87. The van der Waals surface area contributed by atoms with E-state index in [0.29, 0.717) is 40.2 Å². The fourth-order valence-corrected chi connectivity index (χ4v) is 2.99. The number of nitrogens with zero attached hydrogens (tertiary/aromatic N) is 2. The Labute approximate surface area is 162 Å². The third kappa shape index (κ3) is 3.36. The van der Waals surface area contributed by atoms with E-state index in [-0.39, 0.29) is 17.3 Å². The maximum Gasteiger partial charge on any atom is 0.273 e. The lowest BCUT2D eigenvalue weighted by molar-refractivity contribution is 0.0949. The number of hydrogen-bond acceptors (Lipinski definition) is 7. The van der Waals surface area contributed by atoms with Gasteiger partial charge in [-0.2, -0.15) is 0 Å². The Hall–Kier alpha value is -3.55. The van der Waals surface area contributed by atoms with Crippen molar-refractivity contribution < 1.29 is 14.3 Å². The summed E-state index contributed by atoms with van der Waals surface area (Å²) in [7, 11) is 3.15.